The summed E-state index contributed by atoms with van der Waals surface area (Å²) in [7, 11) is 0. The lowest BCUT2D eigenvalue weighted by atomic mass is 10.1. The number of nitrogens with one attached hydrogen (secondary N) is 1. The molecule has 28 heavy (non-hydrogen) atoms. The Morgan fingerprint density at radius 2 is 1.86 bits per heavy atom. The SMILES string of the molecule is CC(=O)c1ccccc1NC(=O)C(C)OC(=O)c1nc2nc(C)cc(C)n2n1. The van der Waals surface area contributed by atoms with Crippen molar-refractivity contribution in [2.45, 2.75) is 33.8 Å². The van der Waals surface area contributed by atoms with E-state index in [0.717, 1.165) is 11.4 Å². The van der Waals surface area contributed by atoms with E-state index in [1.54, 1.807) is 30.3 Å². The highest BCUT2D eigenvalue weighted by Crippen LogP contribution is 2.16. The Morgan fingerprint density at radius 3 is 2.57 bits per heavy atom. The van der Waals surface area contributed by atoms with Crippen LogP contribution in [0.4, 0.5) is 5.69 Å². The first-order valence-electron chi connectivity index (χ1n) is 8.59. The molecule has 1 atom stereocenters. The van der Waals surface area contributed by atoms with E-state index < -0.39 is 18.0 Å². The number of hydrogen-bond acceptors (Lipinski definition) is 7. The van der Waals surface area contributed by atoms with Gasteiger partial charge >= 0.3 is 5.97 Å². The van der Waals surface area contributed by atoms with Crippen LogP contribution in [0.5, 0.6) is 0 Å². The van der Waals surface area contributed by atoms with Crippen LogP contribution in [0.3, 0.4) is 0 Å². The van der Waals surface area contributed by atoms with Crippen LogP contribution in [0.2, 0.25) is 0 Å². The third-order valence-corrected chi connectivity index (χ3v) is 4.02. The number of ether oxygens (including phenoxy) is 1. The van der Waals surface area contributed by atoms with Gasteiger partial charge in [0.2, 0.25) is 0 Å². The summed E-state index contributed by atoms with van der Waals surface area (Å²) in [6.45, 7) is 6.45. The van der Waals surface area contributed by atoms with Gasteiger partial charge < -0.3 is 10.1 Å². The average molecular weight is 381 g/mol. The summed E-state index contributed by atoms with van der Waals surface area (Å²) in [6.07, 6.45) is -1.12. The normalized spacial score (nSPS) is 11.9. The minimum absolute atomic E-state index is 0.187. The van der Waals surface area contributed by atoms with Gasteiger partial charge in [-0.1, -0.05) is 12.1 Å². The van der Waals surface area contributed by atoms with Crippen LogP contribution >= 0.6 is 0 Å². The molecule has 144 valence electrons. The number of hydrogen-bond donors (Lipinski definition) is 1. The van der Waals surface area contributed by atoms with Crippen LogP contribution in [0.25, 0.3) is 5.78 Å². The molecule has 9 heteroatoms. The number of benzene rings is 1. The molecule has 3 aromatic rings. The molecule has 0 radical (unpaired) electrons. The van der Waals surface area contributed by atoms with Gasteiger partial charge in [0.1, 0.15) is 0 Å². The third kappa shape index (κ3) is 3.88. The molecule has 1 aromatic carbocycles. The van der Waals surface area contributed by atoms with E-state index in [9.17, 15) is 14.4 Å². The number of carbonyl (C=O) groups is 3. The third-order valence-electron chi connectivity index (χ3n) is 4.02. The lowest BCUT2D eigenvalue weighted by Crippen LogP contribution is -2.30. The number of aryl methyl sites for hydroxylation is 2. The fourth-order valence-corrected chi connectivity index (χ4v) is 2.65. The summed E-state index contributed by atoms with van der Waals surface area (Å²) >= 11 is 0. The van der Waals surface area contributed by atoms with Crippen molar-refractivity contribution in [1.29, 1.82) is 0 Å². The van der Waals surface area contributed by atoms with Crippen molar-refractivity contribution in [3.05, 3.63) is 53.1 Å². The number of fused-ring (bicyclic) bond motifs is 1. The molecule has 2 aromatic heterocycles. The second kappa shape index (κ2) is 7.55. The van der Waals surface area contributed by atoms with Crippen molar-refractivity contribution in [3.63, 3.8) is 0 Å². The summed E-state index contributed by atoms with van der Waals surface area (Å²) in [5, 5.41) is 6.68. The van der Waals surface area contributed by atoms with Crippen LogP contribution in [-0.2, 0) is 9.53 Å². The van der Waals surface area contributed by atoms with Gasteiger partial charge in [-0.05, 0) is 45.9 Å². The molecule has 1 amide bonds. The largest absolute Gasteiger partial charge is 0.447 e. The number of amides is 1. The van der Waals surface area contributed by atoms with Gasteiger partial charge in [0.15, 0.2) is 11.9 Å². The zero-order valence-corrected chi connectivity index (χ0v) is 15.9. The molecule has 1 N–H and O–H groups in total. The van der Waals surface area contributed by atoms with Crippen molar-refractivity contribution >= 4 is 29.1 Å². The molecule has 2 heterocycles. The molecule has 3 rings (SSSR count). The number of Topliss-reactive ketones (excluding diaryl/α,β-unsaturated/α-hetero) is 1. The van der Waals surface area contributed by atoms with E-state index in [2.05, 4.69) is 20.4 Å². The van der Waals surface area contributed by atoms with Gasteiger partial charge in [0.05, 0.1) is 5.69 Å². The van der Waals surface area contributed by atoms with E-state index >= 15 is 0 Å². The van der Waals surface area contributed by atoms with Crippen molar-refractivity contribution in [2.75, 3.05) is 5.32 Å². The zero-order valence-electron chi connectivity index (χ0n) is 15.9. The lowest BCUT2D eigenvalue weighted by molar-refractivity contribution is -0.123. The van der Waals surface area contributed by atoms with Crippen molar-refractivity contribution in [2.24, 2.45) is 0 Å². The van der Waals surface area contributed by atoms with Crippen LogP contribution in [0, 0.1) is 13.8 Å². The number of carbonyl (C=O) groups excluding carboxylic acids is 3. The number of esters is 1. The predicted octanol–water partition coefficient (Wildman–Crippen LogP) is 2.13. The number of anilines is 1. The fraction of sp³-hybridized carbons (Fsp3) is 0.263. The minimum Gasteiger partial charge on any atom is -0.447 e. The molecule has 0 bridgehead atoms. The van der Waals surface area contributed by atoms with Gasteiger partial charge in [-0.3, -0.25) is 9.59 Å². The van der Waals surface area contributed by atoms with Crippen molar-refractivity contribution in [1.82, 2.24) is 19.6 Å². The molecule has 0 aliphatic heterocycles. The van der Waals surface area contributed by atoms with E-state index in [1.165, 1.54) is 18.4 Å². The molecule has 0 fully saturated rings. The Labute approximate surface area is 160 Å². The molecule has 0 spiro atoms. The summed E-state index contributed by atoms with van der Waals surface area (Å²) in [5.41, 5.74) is 2.23. The summed E-state index contributed by atoms with van der Waals surface area (Å²) in [4.78, 5) is 44.6. The first-order valence-corrected chi connectivity index (χ1v) is 8.59. The van der Waals surface area contributed by atoms with Crippen LogP contribution < -0.4 is 5.32 Å². The Kier molecular flexibility index (Phi) is 5.16. The van der Waals surface area contributed by atoms with E-state index in [0.29, 0.717) is 11.3 Å². The number of nitrogens with zero attached hydrogens (tertiary/aromatic N) is 4. The molecule has 0 saturated heterocycles. The standard InChI is InChI=1S/C19H19N5O4/c1-10-9-11(2)24-19(20-10)22-16(23-24)18(27)28-13(4)17(26)21-15-8-6-5-7-14(15)12(3)25/h5-9,13H,1-4H3,(H,21,26). The Bertz CT molecular complexity index is 1090. The maximum Gasteiger partial charge on any atom is 0.379 e. The molecular formula is C19H19N5O4. The Hall–Kier alpha value is -3.62. The molecular weight excluding hydrogens is 362 g/mol. The highest BCUT2D eigenvalue weighted by atomic mass is 16.5. The molecule has 0 aliphatic rings. The molecule has 1 unspecified atom stereocenters. The second-order valence-corrected chi connectivity index (χ2v) is 6.32. The fourth-order valence-electron chi connectivity index (χ4n) is 2.65. The second-order valence-electron chi connectivity index (χ2n) is 6.32. The topological polar surface area (TPSA) is 116 Å². The number of aromatic nitrogens is 4. The maximum atomic E-state index is 12.4. The highest BCUT2D eigenvalue weighted by molar-refractivity contribution is 6.05. The van der Waals surface area contributed by atoms with Gasteiger partial charge in [0, 0.05) is 17.0 Å². The lowest BCUT2D eigenvalue weighted by Gasteiger charge is -2.14. The van der Waals surface area contributed by atoms with E-state index in [-0.39, 0.29) is 17.4 Å². The molecule has 9 nitrogen and oxygen atoms in total. The number of para-hydroxylation sites is 1. The molecule has 0 aliphatic carbocycles. The van der Waals surface area contributed by atoms with Gasteiger partial charge in [-0.15, -0.1) is 5.10 Å². The first-order chi connectivity index (χ1) is 13.3. The predicted molar refractivity (Wildman–Crippen MR) is 100 cm³/mol. The zero-order chi connectivity index (χ0) is 20.4. The number of ketones is 1. The van der Waals surface area contributed by atoms with E-state index in [1.807, 2.05) is 13.8 Å². The highest BCUT2D eigenvalue weighted by Gasteiger charge is 2.23. The first kappa shape index (κ1) is 19.2. The maximum absolute atomic E-state index is 12.4. The number of rotatable bonds is 5. The summed E-state index contributed by atoms with van der Waals surface area (Å²) in [5.74, 6) is -1.52. The Balaban J connectivity index is 1.73. The smallest absolute Gasteiger partial charge is 0.379 e. The van der Waals surface area contributed by atoms with Gasteiger partial charge in [-0.25, -0.2) is 14.3 Å². The average Bonchev–Trinajstić information content (AvgIpc) is 3.06. The summed E-state index contributed by atoms with van der Waals surface area (Å²) in [6, 6.07) is 8.40. The van der Waals surface area contributed by atoms with Crippen molar-refractivity contribution in [3.8, 4) is 0 Å². The van der Waals surface area contributed by atoms with Crippen LogP contribution in [-0.4, -0.2) is 43.3 Å². The minimum atomic E-state index is -1.12. The van der Waals surface area contributed by atoms with Gasteiger partial charge in [-0.2, -0.15) is 4.98 Å². The van der Waals surface area contributed by atoms with Crippen LogP contribution in [0.1, 0.15) is 46.2 Å². The Morgan fingerprint density at radius 1 is 1.14 bits per heavy atom. The monoisotopic (exact) mass is 381 g/mol. The molecule has 0 saturated carbocycles. The summed E-state index contributed by atoms with van der Waals surface area (Å²) < 4.78 is 6.60. The van der Waals surface area contributed by atoms with Crippen LogP contribution in [0.15, 0.2) is 30.3 Å². The van der Waals surface area contributed by atoms with Gasteiger partial charge in [0.25, 0.3) is 17.5 Å². The van der Waals surface area contributed by atoms with Crippen molar-refractivity contribution < 1.29 is 19.1 Å². The van der Waals surface area contributed by atoms with E-state index in [4.69, 9.17) is 4.74 Å². The quantitative estimate of drug-likeness (QED) is 0.531.